The Morgan fingerprint density at radius 2 is 1.90 bits per heavy atom. The predicted molar refractivity (Wildman–Crippen MR) is 116 cm³/mol. The van der Waals surface area contributed by atoms with E-state index in [2.05, 4.69) is 20.6 Å². The normalized spacial score (nSPS) is 10.9. The summed E-state index contributed by atoms with van der Waals surface area (Å²) in [5, 5.41) is 29.1. The van der Waals surface area contributed by atoms with E-state index in [1.54, 1.807) is 42.6 Å². The zero-order chi connectivity index (χ0) is 22.1. The van der Waals surface area contributed by atoms with Crippen molar-refractivity contribution in [2.75, 3.05) is 17.7 Å². The Kier molecular flexibility index (Phi) is 7.74. The molecular formula is C20H24N8O2. The molecule has 0 aliphatic rings. The van der Waals surface area contributed by atoms with Gasteiger partial charge in [0.05, 0.1) is 13.4 Å². The minimum Gasteiger partial charge on any atom is -0.481 e. The number of carbonyl (C=O) groups excluding carboxylic acids is 1. The zero-order valence-corrected chi connectivity index (χ0v) is 16.9. The van der Waals surface area contributed by atoms with E-state index in [0.29, 0.717) is 11.5 Å². The molecule has 0 spiro atoms. The molecule has 0 radical (unpaired) electrons. The summed E-state index contributed by atoms with van der Waals surface area (Å²) in [6.45, 7) is 3.71. The van der Waals surface area contributed by atoms with Crippen LogP contribution in [-0.4, -0.2) is 52.0 Å². The number of ether oxygens (including phenoxy) is 1. The number of hydrogen-bond acceptors (Lipinski definition) is 8. The van der Waals surface area contributed by atoms with Gasteiger partial charge in [0, 0.05) is 18.4 Å². The summed E-state index contributed by atoms with van der Waals surface area (Å²) in [6.07, 6.45) is 3.98. The highest BCUT2D eigenvalue weighted by molar-refractivity contribution is 6.22. The molecule has 0 bridgehead atoms. The summed E-state index contributed by atoms with van der Waals surface area (Å²) in [5.41, 5.74) is 0.234. The Morgan fingerprint density at radius 3 is 2.50 bits per heavy atom. The van der Waals surface area contributed by atoms with E-state index >= 15 is 0 Å². The minimum absolute atomic E-state index is 0.0355. The fourth-order valence-corrected chi connectivity index (χ4v) is 2.36. The van der Waals surface area contributed by atoms with Gasteiger partial charge in [0.25, 0.3) is 5.91 Å². The molecule has 10 heteroatoms. The van der Waals surface area contributed by atoms with E-state index in [4.69, 9.17) is 21.0 Å². The van der Waals surface area contributed by atoms with Crippen LogP contribution >= 0.6 is 0 Å². The highest BCUT2D eigenvalue weighted by atomic mass is 16.5. The van der Waals surface area contributed by atoms with Crippen molar-refractivity contribution in [3.63, 3.8) is 0 Å². The van der Waals surface area contributed by atoms with Gasteiger partial charge in [0.15, 0.2) is 5.84 Å². The number of amidine groups is 1. The van der Waals surface area contributed by atoms with E-state index < -0.39 is 5.91 Å². The van der Waals surface area contributed by atoms with Gasteiger partial charge in [0.1, 0.15) is 22.9 Å². The second-order valence-corrected chi connectivity index (χ2v) is 6.29. The van der Waals surface area contributed by atoms with Crippen molar-refractivity contribution in [1.82, 2.24) is 14.9 Å². The van der Waals surface area contributed by atoms with E-state index in [9.17, 15) is 4.79 Å². The summed E-state index contributed by atoms with van der Waals surface area (Å²) in [6, 6.07) is 9.99. The number of nitrogens with one attached hydrogen (secondary N) is 5. The van der Waals surface area contributed by atoms with E-state index in [1.807, 2.05) is 13.8 Å². The first-order chi connectivity index (χ1) is 14.4. The molecule has 0 aromatic carbocycles. The van der Waals surface area contributed by atoms with Crippen LogP contribution in [-0.2, 0) is 9.53 Å². The molecule has 0 fully saturated rings. The molecule has 10 nitrogen and oxygen atoms in total. The third-order valence-corrected chi connectivity index (χ3v) is 3.91. The van der Waals surface area contributed by atoms with Crippen molar-refractivity contribution in [2.24, 2.45) is 0 Å². The van der Waals surface area contributed by atoms with Crippen molar-refractivity contribution >= 4 is 35.6 Å². The van der Waals surface area contributed by atoms with Crippen LogP contribution in [0.25, 0.3) is 0 Å². The third kappa shape index (κ3) is 5.71. The first kappa shape index (κ1) is 22.2. The van der Waals surface area contributed by atoms with Crippen LogP contribution in [0.3, 0.4) is 0 Å². The highest BCUT2D eigenvalue weighted by Gasteiger charge is 2.18. The van der Waals surface area contributed by atoms with Crippen LogP contribution in [0.4, 0.5) is 11.6 Å². The maximum absolute atomic E-state index is 12.7. The summed E-state index contributed by atoms with van der Waals surface area (Å²) >= 11 is 0. The van der Waals surface area contributed by atoms with Crippen LogP contribution in [0.15, 0.2) is 54.4 Å². The topological polar surface area (TPSA) is 151 Å². The lowest BCUT2D eigenvalue weighted by molar-refractivity contribution is -0.112. The molecule has 0 saturated carbocycles. The Bertz CT molecular complexity index is 956. The second-order valence-electron chi connectivity index (χ2n) is 6.29. The first-order valence-electron chi connectivity index (χ1n) is 9.04. The molecule has 0 aliphatic heterocycles. The monoisotopic (exact) mass is 408 g/mol. The van der Waals surface area contributed by atoms with Crippen LogP contribution in [0.5, 0.6) is 0 Å². The largest absolute Gasteiger partial charge is 0.481 e. The number of anilines is 2. The van der Waals surface area contributed by atoms with Crippen LogP contribution in [0, 0.1) is 16.2 Å². The maximum atomic E-state index is 12.7. The quantitative estimate of drug-likeness (QED) is 0.257. The van der Waals surface area contributed by atoms with Gasteiger partial charge in [-0.3, -0.25) is 21.0 Å². The average Bonchev–Trinajstić information content (AvgIpc) is 2.74. The first-order valence-corrected chi connectivity index (χ1v) is 9.04. The summed E-state index contributed by atoms with van der Waals surface area (Å²) in [7, 11) is 1.29. The Balaban J connectivity index is 2.22. The molecule has 0 unspecified atom stereocenters. The standard InChI is InChI=1S/C20H24N8O2/c1-13(2)28(12-21)18(22)15-7-6-9-17(26-15)27-20(29)14(19(23)30-3)11-25-16-8-4-5-10-24-16/h4-13,21-23H,1-3H3,(H,24,25)(H,26,27,29)/b14-11+,21-12?,22-18?,23-19?. The summed E-state index contributed by atoms with van der Waals surface area (Å²) in [4.78, 5) is 22.5. The van der Waals surface area contributed by atoms with Gasteiger partial charge in [-0.2, -0.15) is 0 Å². The Labute approximate surface area is 174 Å². The molecule has 2 rings (SSSR count). The number of aromatic nitrogens is 2. The van der Waals surface area contributed by atoms with Gasteiger partial charge in [-0.1, -0.05) is 12.1 Å². The lowest BCUT2D eigenvalue weighted by Crippen LogP contribution is -2.36. The van der Waals surface area contributed by atoms with E-state index in [1.165, 1.54) is 18.2 Å². The molecule has 1 amide bonds. The van der Waals surface area contributed by atoms with Gasteiger partial charge >= 0.3 is 0 Å². The van der Waals surface area contributed by atoms with Gasteiger partial charge < -0.3 is 20.3 Å². The lowest BCUT2D eigenvalue weighted by Gasteiger charge is -2.23. The van der Waals surface area contributed by atoms with Crippen LogP contribution in [0.1, 0.15) is 19.5 Å². The molecule has 2 aromatic heterocycles. The smallest absolute Gasteiger partial charge is 0.263 e. The second kappa shape index (κ2) is 10.5. The maximum Gasteiger partial charge on any atom is 0.263 e. The Morgan fingerprint density at radius 1 is 1.17 bits per heavy atom. The molecule has 0 atom stereocenters. The average molecular weight is 408 g/mol. The van der Waals surface area contributed by atoms with Crippen molar-refractivity contribution in [2.45, 2.75) is 19.9 Å². The number of amides is 1. The van der Waals surface area contributed by atoms with Gasteiger partial charge in [-0.05, 0) is 38.1 Å². The number of pyridine rings is 2. The molecule has 156 valence electrons. The number of rotatable bonds is 8. The molecule has 0 aliphatic carbocycles. The molecule has 5 N–H and O–H groups in total. The van der Waals surface area contributed by atoms with Crippen molar-refractivity contribution in [3.8, 4) is 0 Å². The summed E-state index contributed by atoms with van der Waals surface area (Å²) in [5.74, 6) is -0.221. The van der Waals surface area contributed by atoms with Crippen LogP contribution in [0.2, 0.25) is 0 Å². The van der Waals surface area contributed by atoms with Crippen molar-refractivity contribution in [1.29, 1.82) is 16.2 Å². The SMILES string of the molecule is COC(=N)/C(=C\Nc1ccccn1)C(=O)Nc1cccc(C(=N)N(C=N)C(C)C)n1. The van der Waals surface area contributed by atoms with Gasteiger partial charge in [-0.15, -0.1) is 0 Å². The number of methoxy groups -OCH3 is 1. The van der Waals surface area contributed by atoms with E-state index in [-0.39, 0.29) is 29.2 Å². The van der Waals surface area contributed by atoms with E-state index in [0.717, 1.165) is 6.34 Å². The third-order valence-electron chi connectivity index (χ3n) is 3.91. The highest BCUT2D eigenvalue weighted by Crippen LogP contribution is 2.11. The molecule has 0 saturated heterocycles. The number of hydrogen-bond donors (Lipinski definition) is 5. The fourth-order valence-electron chi connectivity index (χ4n) is 2.36. The molecule has 30 heavy (non-hydrogen) atoms. The zero-order valence-electron chi connectivity index (χ0n) is 16.9. The van der Waals surface area contributed by atoms with Crippen molar-refractivity contribution in [3.05, 3.63) is 60.1 Å². The van der Waals surface area contributed by atoms with Gasteiger partial charge in [0.2, 0.25) is 5.90 Å². The van der Waals surface area contributed by atoms with Crippen molar-refractivity contribution < 1.29 is 9.53 Å². The molecule has 2 heterocycles. The lowest BCUT2D eigenvalue weighted by atomic mass is 10.2. The summed E-state index contributed by atoms with van der Waals surface area (Å²) < 4.78 is 4.90. The fraction of sp³-hybridized carbons (Fsp3) is 0.200. The number of nitrogens with zero attached hydrogens (tertiary/aromatic N) is 3. The molecular weight excluding hydrogens is 384 g/mol. The molecule has 2 aromatic rings. The predicted octanol–water partition coefficient (Wildman–Crippen LogP) is 2.68. The Hall–Kier alpha value is -4.08. The minimum atomic E-state index is -0.616. The number of carbonyl (C=O) groups is 1. The van der Waals surface area contributed by atoms with Crippen LogP contribution < -0.4 is 10.6 Å². The van der Waals surface area contributed by atoms with Gasteiger partial charge in [-0.25, -0.2) is 9.97 Å².